The molecule has 0 unspecified atom stereocenters. The van der Waals surface area contributed by atoms with Crippen molar-refractivity contribution in [1.29, 1.82) is 0 Å². The molecule has 1 heterocycles. The quantitative estimate of drug-likeness (QED) is 0.631. The Hall–Kier alpha value is -3.80. The number of nitrogens with one attached hydrogen (secondary N) is 1. The Bertz CT molecular complexity index is 1030. The molecule has 0 radical (unpaired) electrons. The lowest BCUT2D eigenvalue weighted by Crippen LogP contribution is -2.35. The van der Waals surface area contributed by atoms with Crippen molar-refractivity contribution in [2.45, 2.75) is 12.5 Å². The number of amides is 2. The molecule has 1 N–H and O–H groups in total. The van der Waals surface area contributed by atoms with E-state index in [1.165, 1.54) is 0 Å². The summed E-state index contributed by atoms with van der Waals surface area (Å²) < 4.78 is 10.5. The summed E-state index contributed by atoms with van der Waals surface area (Å²) in [6.45, 7) is 0.663. The zero-order valence-corrected chi connectivity index (χ0v) is 17.3. The molecule has 2 amide bonds. The minimum absolute atomic E-state index is 0.105. The fourth-order valence-electron chi connectivity index (χ4n) is 3.52. The van der Waals surface area contributed by atoms with E-state index in [0.717, 1.165) is 28.1 Å². The van der Waals surface area contributed by atoms with Crippen LogP contribution in [0.25, 0.3) is 11.1 Å². The molecule has 1 aliphatic heterocycles. The molecule has 158 valence electrons. The number of carbonyl (C=O) groups excluding carboxylic acids is 2. The van der Waals surface area contributed by atoms with E-state index in [0.29, 0.717) is 6.54 Å². The van der Waals surface area contributed by atoms with Gasteiger partial charge in [0.05, 0.1) is 26.6 Å². The second kappa shape index (κ2) is 9.34. The topological polar surface area (TPSA) is 67.9 Å². The number of benzene rings is 3. The number of hydrogen-bond acceptors (Lipinski definition) is 4. The maximum absolute atomic E-state index is 12.3. The number of cyclic esters (lactones) is 1. The summed E-state index contributed by atoms with van der Waals surface area (Å²) in [5.41, 5.74) is 3.92. The van der Waals surface area contributed by atoms with Crippen LogP contribution in [0.1, 0.15) is 5.56 Å². The van der Waals surface area contributed by atoms with E-state index in [-0.39, 0.29) is 25.0 Å². The van der Waals surface area contributed by atoms with Crippen LogP contribution < -0.4 is 15.0 Å². The summed E-state index contributed by atoms with van der Waals surface area (Å²) in [7, 11) is 1.59. The third kappa shape index (κ3) is 5.04. The number of nitrogens with zero attached hydrogens (tertiary/aromatic N) is 1. The lowest BCUT2D eigenvalue weighted by atomic mass is 10.0. The molecule has 0 saturated carbocycles. The van der Waals surface area contributed by atoms with Crippen LogP contribution in [0.3, 0.4) is 0 Å². The molecule has 3 aromatic rings. The van der Waals surface area contributed by atoms with E-state index in [2.05, 4.69) is 17.4 Å². The SMILES string of the molecule is COc1ccc(N2C[C@H](CNC(=O)Cc3ccc(-c4ccccc4)cc3)OC2=O)cc1. The second-order valence-corrected chi connectivity index (χ2v) is 7.36. The monoisotopic (exact) mass is 416 g/mol. The smallest absolute Gasteiger partial charge is 0.414 e. The molecule has 1 aliphatic rings. The van der Waals surface area contributed by atoms with Gasteiger partial charge in [-0.1, -0.05) is 54.6 Å². The Kier molecular flexibility index (Phi) is 6.17. The van der Waals surface area contributed by atoms with Gasteiger partial charge in [0.15, 0.2) is 0 Å². The van der Waals surface area contributed by atoms with Crippen LogP contribution >= 0.6 is 0 Å². The molecule has 6 heteroatoms. The molecule has 0 aliphatic carbocycles. The molecule has 0 aromatic heterocycles. The van der Waals surface area contributed by atoms with Gasteiger partial charge in [-0.15, -0.1) is 0 Å². The highest BCUT2D eigenvalue weighted by molar-refractivity contribution is 5.90. The van der Waals surface area contributed by atoms with Crippen LogP contribution in [0.15, 0.2) is 78.9 Å². The summed E-state index contributed by atoms with van der Waals surface area (Å²) in [6, 6.07) is 25.3. The Morgan fingerprint density at radius 3 is 2.35 bits per heavy atom. The normalized spacial score (nSPS) is 15.5. The van der Waals surface area contributed by atoms with E-state index < -0.39 is 6.09 Å². The fraction of sp³-hybridized carbons (Fsp3) is 0.200. The van der Waals surface area contributed by atoms with Crippen LogP contribution in [0, 0.1) is 0 Å². The second-order valence-electron chi connectivity index (χ2n) is 7.36. The van der Waals surface area contributed by atoms with Crippen molar-refractivity contribution in [3.05, 3.63) is 84.4 Å². The van der Waals surface area contributed by atoms with Gasteiger partial charge in [0, 0.05) is 5.69 Å². The van der Waals surface area contributed by atoms with Crippen molar-refractivity contribution in [3.63, 3.8) is 0 Å². The van der Waals surface area contributed by atoms with Crippen molar-refractivity contribution in [2.75, 3.05) is 25.1 Å². The van der Waals surface area contributed by atoms with Gasteiger partial charge in [-0.05, 0) is 41.0 Å². The van der Waals surface area contributed by atoms with Crippen molar-refractivity contribution >= 4 is 17.7 Å². The van der Waals surface area contributed by atoms with Gasteiger partial charge in [0.1, 0.15) is 11.9 Å². The molecule has 4 rings (SSSR count). The first-order chi connectivity index (χ1) is 15.1. The predicted octanol–water partition coefficient (Wildman–Crippen LogP) is 4.05. The van der Waals surface area contributed by atoms with Crippen molar-refractivity contribution < 1.29 is 19.1 Å². The van der Waals surface area contributed by atoms with Gasteiger partial charge in [0.2, 0.25) is 5.91 Å². The van der Waals surface area contributed by atoms with Gasteiger partial charge in [-0.3, -0.25) is 9.69 Å². The number of ether oxygens (including phenoxy) is 2. The first-order valence-electron chi connectivity index (χ1n) is 10.2. The minimum atomic E-state index is -0.416. The highest BCUT2D eigenvalue weighted by Crippen LogP contribution is 2.24. The number of hydrogen-bond donors (Lipinski definition) is 1. The molecular weight excluding hydrogens is 392 g/mol. The lowest BCUT2D eigenvalue weighted by Gasteiger charge is -2.13. The van der Waals surface area contributed by atoms with Gasteiger partial charge in [-0.2, -0.15) is 0 Å². The molecule has 1 atom stereocenters. The zero-order chi connectivity index (χ0) is 21.6. The minimum Gasteiger partial charge on any atom is -0.497 e. The van der Waals surface area contributed by atoms with Crippen LogP contribution in [0.2, 0.25) is 0 Å². The Labute approximate surface area is 181 Å². The van der Waals surface area contributed by atoms with E-state index in [9.17, 15) is 9.59 Å². The summed E-state index contributed by atoms with van der Waals surface area (Å²) in [6.07, 6.45) is -0.530. The average Bonchev–Trinajstić information content (AvgIpc) is 3.19. The van der Waals surface area contributed by atoms with E-state index >= 15 is 0 Å². The third-order valence-corrected chi connectivity index (χ3v) is 5.21. The maximum atomic E-state index is 12.3. The van der Waals surface area contributed by atoms with Crippen LogP contribution in [0.4, 0.5) is 10.5 Å². The molecule has 31 heavy (non-hydrogen) atoms. The Balaban J connectivity index is 1.27. The maximum Gasteiger partial charge on any atom is 0.414 e. The van der Waals surface area contributed by atoms with Crippen molar-refractivity contribution in [2.24, 2.45) is 0 Å². The number of rotatable bonds is 7. The first-order valence-corrected chi connectivity index (χ1v) is 10.2. The molecule has 6 nitrogen and oxygen atoms in total. The molecule has 0 bridgehead atoms. The molecule has 3 aromatic carbocycles. The molecular formula is C25H24N2O4. The molecule has 1 fully saturated rings. The van der Waals surface area contributed by atoms with Crippen LogP contribution in [0.5, 0.6) is 5.75 Å². The van der Waals surface area contributed by atoms with Crippen molar-refractivity contribution in [1.82, 2.24) is 5.32 Å². The zero-order valence-electron chi connectivity index (χ0n) is 17.3. The Morgan fingerprint density at radius 1 is 1.00 bits per heavy atom. The molecule has 1 saturated heterocycles. The summed E-state index contributed by atoms with van der Waals surface area (Å²) in [5.74, 6) is 0.614. The van der Waals surface area contributed by atoms with Gasteiger partial charge >= 0.3 is 6.09 Å². The number of methoxy groups -OCH3 is 1. The number of anilines is 1. The van der Waals surface area contributed by atoms with Crippen LogP contribution in [-0.2, 0) is 16.0 Å². The van der Waals surface area contributed by atoms with Gasteiger partial charge < -0.3 is 14.8 Å². The summed E-state index contributed by atoms with van der Waals surface area (Å²) in [5, 5.41) is 2.87. The van der Waals surface area contributed by atoms with Gasteiger partial charge in [-0.25, -0.2) is 4.79 Å². The van der Waals surface area contributed by atoms with E-state index in [1.54, 1.807) is 36.3 Å². The first kappa shape index (κ1) is 20.5. The standard InChI is InChI=1S/C25H24N2O4/c1-30-22-13-11-21(12-14-22)27-17-23(31-25(27)29)16-26-24(28)15-18-7-9-20(10-8-18)19-5-3-2-4-6-19/h2-14,23H,15-17H2,1H3,(H,26,28)/t23-/m0/s1. The van der Waals surface area contributed by atoms with E-state index in [1.807, 2.05) is 42.5 Å². The average molecular weight is 416 g/mol. The third-order valence-electron chi connectivity index (χ3n) is 5.21. The largest absolute Gasteiger partial charge is 0.497 e. The lowest BCUT2D eigenvalue weighted by molar-refractivity contribution is -0.120. The fourth-order valence-corrected chi connectivity index (χ4v) is 3.52. The molecule has 0 spiro atoms. The van der Waals surface area contributed by atoms with Crippen molar-refractivity contribution in [3.8, 4) is 16.9 Å². The Morgan fingerprint density at radius 2 is 1.68 bits per heavy atom. The van der Waals surface area contributed by atoms with Gasteiger partial charge in [0.25, 0.3) is 0 Å². The summed E-state index contributed by atoms with van der Waals surface area (Å²) in [4.78, 5) is 26.1. The summed E-state index contributed by atoms with van der Waals surface area (Å²) >= 11 is 0. The highest BCUT2D eigenvalue weighted by atomic mass is 16.6. The highest BCUT2D eigenvalue weighted by Gasteiger charge is 2.32. The van der Waals surface area contributed by atoms with E-state index in [4.69, 9.17) is 9.47 Å². The number of carbonyl (C=O) groups is 2. The predicted molar refractivity (Wildman–Crippen MR) is 119 cm³/mol. The van der Waals surface area contributed by atoms with Crippen LogP contribution in [-0.4, -0.2) is 38.3 Å².